The van der Waals surface area contributed by atoms with E-state index in [4.69, 9.17) is 4.74 Å². The van der Waals surface area contributed by atoms with Crippen molar-refractivity contribution in [3.8, 4) is 16.9 Å². The number of ether oxygens (including phenoxy) is 1. The van der Waals surface area contributed by atoms with Crippen LogP contribution in [0.2, 0.25) is 0 Å². The molecule has 4 aliphatic rings. The van der Waals surface area contributed by atoms with Gasteiger partial charge < -0.3 is 4.74 Å². The molecule has 3 fully saturated rings. The van der Waals surface area contributed by atoms with Crippen molar-refractivity contribution < 1.29 is 9.53 Å². The van der Waals surface area contributed by atoms with Crippen LogP contribution < -0.4 is 4.74 Å². The Bertz CT molecular complexity index is 840. The molecule has 1 atom stereocenters. The van der Waals surface area contributed by atoms with Crippen molar-refractivity contribution in [2.24, 2.45) is 5.92 Å². The molecule has 3 aliphatic heterocycles. The summed E-state index contributed by atoms with van der Waals surface area (Å²) in [6.07, 6.45) is 2.72. The van der Waals surface area contributed by atoms with Gasteiger partial charge in [0, 0.05) is 22.1 Å². The number of halogens is 1. The molecule has 0 spiro atoms. The van der Waals surface area contributed by atoms with Crippen LogP contribution >= 0.6 is 15.9 Å². The van der Waals surface area contributed by atoms with Gasteiger partial charge in [-0.1, -0.05) is 22.0 Å². The van der Waals surface area contributed by atoms with Gasteiger partial charge in [-0.05, 0) is 73.3 Å². The van der Waals surface area contributed by atoms with Crippen molar-refractivity contribution in [1.82, 2.24) is 4.90 Å². The van der Waals surface area contributed by atoms with Crippen LogP contribution in [-0.4, -0.2) is 36.4 Å². The Kier molecular flexibility index (Phi) is 3.32. The van der Waals surface area contributed by atoms with Gasteiger partial charge in [0.05, 0.1) is 0 Å². The molecule has 0 aromatic heterocycles. The summed E-state index contributed by atoms with van der Waals surface area (Å²) in [5.41, 5.74) is 3.58. The number of carbonyl (C=O) groups is 1. The van der Waals surface area contributed by atoms with Gasteiger partial charge in [0.1, 0.15) is 11.9 Å². The van der Waals surface area contributed by atoms with E-state index in [1.807, 2.05) is 36.4 Å². The van der Waals surface area contributed by atoms with Crippen molar-refractivity contribution in [1.29, 1.82) is 0 Å². The molecule has 24 heavy (non-hydrogen) atoms. The third-order valence-electron chi connectivity index (χ3n) is 5.64. The topological polar surface area (TPSA) is 29.5 Å². The van der Waals surface area contributed by atoms with E-state index < -0.39 is 0 Å². The molecule has 0 saturated carbocycles. The van der Waals surface area contributed by atoms with Gasteiger partial charge in [-0.15, -0.1) is 0 Å². The van der Waals surface area contributed by atoms with Crippen molar-refractivity contribution in [2.75, 3.05) is 19.6 Å². The normalized spacial score (nSPS) is 27.0. The fourth-order valence-electron chi connectivity index (χ4n) is 4.32. The highest BCUT2D eigenvalue weighted by molar-refractivity contribution is 9.10. The van der Waals surface area contributed by atoms with E-state index in [1.165, 1.54) is 25.9 Å². The molecule has 3 saturated heterocycles. The first kappa shape index (κ1) is 14.7. The second-order valence-corrected chi connectivity index (χ2v) is 7.94. The number of ketones is 1. The fourth-order valence-corrected chi connectivity index (χ4v) is 4.68. The lowest BCUT2D eigenvalue weighted by Gasteiger charge is -2.44. The number of fused-ring (bicyclic) bond motifs is 6. The lowest BCUT2D eigenvalue weighted by atomic mass is 9.86. The van der Waals surface area contributed by atoms with E-state index >= 15 is 0 Å². The summed E-state index contributed by atoms with van der Waals surface area (Å²) < 4.78 is 7.22. The van der Waals surface area contributed by atoms with Crippen LogP contribution in [0.4, 0.5) is 0 Å². The van der Waals surface area contributed by atoms with E-state index in [1.54, 1.807) is 0 Å². The number of hydrogen-bond acceptors (Lipinski definition) is 3. The van der Waals surface area contributed by atoms with Gasteiger partial charge in [-0.25, -0.2) is 0 Å². The number of piperidine rings is 3. The van der Waals surface area contributed by atoms with Crippen LogP contribution in [0.1, 0.15) is 28.8 Å². The molecular weight excluding hydrogens is 366 g/mol. The van der Waals surface area contributed by atoms with Crippen LogP contribution in [0.15, 0.2) is 40.9 Å². The van der Waals surface area contributed by atoms with Gasteiger partial charge in [-0.2, -0.15) is 0 Å². The first-order valence-electron chi connectivity index (χ1n) is 8.57. The lowest BCUT2D eigenvalue weighted by Crippen LogP contribution is -2.52. The number of benzene rings is 2. The largest absolute Gasteiger partial charge is 0.489 e. The molecule has 0 amide bonds. The van der Waals surface area contributed by atoms with Crippen molar-refractivity contribution in [2.45, 2.75) is 18.9 Å². The number of hydrogen-bond donors (Lipinski definition) is 0. The molecule has 2 aromatic rings. The quantitative estimate of drug-likeness (QED) is 0.666. The smallest absolute Gasteiger partial charge is 0.194 e. The molecule has 3 heterocycles. The summed E-state index contributed by atoms with van der Waals surface area (Å²) in [5, 5.41) is 0. The predicted molar refractivity (Wildman–Crippen MR) is 96.6 cm³/mol. The Morgan fingerprint density at radius 2 is 1.67 bits per heavy atom. The standard InChI is InChI=1S/C20H18BrNO2/c21-13-1-3-15-16-4-2-14(10-18(16)20(23)17(15)9-13)24-19-11-22-7-5-12(19)6-8-22/h1-4,9-10,12,19H,5-8,11H2. The van der Waals surface area contributed by atoms with Crippen LogP contribution in [0.5, 0.6) is 5.75 Å². The zero-order valence-corrected chi connectivity index (χ0v) is 14.9. The Morgan fingerprint density at radius 1 is 0.958 bits per heavy atom. The van der Waals surface area contributed by atoms with Crippen LogP contribution in [0, 0.1) is 5.92 Å². The molecule has 1 unspecified atom stereocenters. The summed E-state index contributed by atoms with van der Waals surface area (Å²) in [7, 11) is 0. The fraction of sp³-hybridized carbons (Fsp3) is 0.350. The summed E-state index contributed by atoms with van der Waals surface area (Å²) in [5.74, 6) is 1.58. The summed E-state index contributed by atoms with van der Waals surface area (Å²) in [6, 6.07) is 11.9. The second-order valence-electron chi connectivity index (χ2n) is 7.02. The van der Waals surface area contributed by atoms with Gasteiger partial charge in [0.15, 0.2) is 5.78 Å². The average Bonchev–Trinajstić information content (AvgIpc) is 2.88. The number of carbonyl (C=O) groups excluding carboxylic acids is 1. The Morgan fingerprint density at radius 3 is 2.38 bits per heavy atom. The van der Waals surface area contributed by atoms with Crippen LogP contribution in [0.3, 0.4) is 0 Å². The predicted octanol–water partition coefficient (Wildman–Crippen LogP) is 4.13. The minimum absolute atomic E-state index is 0.0978. The molecule has 2 bridgehead atoms. The maximum Gasteiger partial charge on any atom is 0.194 e. The summed E-state index contributed by atoms with van der Waals surface area (Å²) in [4.78, 5) is 15.2. The molecule has 122 valence electrons. The number of rotatable bonds is 2. The monoisotopic (exact) mass is 383 g/mol. The maximum atomic E-state index is 12.7. The second kappa shape index (κ2) is 5.43. The first-order valence-corrected chi connectivity index (χ1v) is 9.36. The molecule has 6 rings (SSSR count). The van der Waals surface area contributed by atoms with Gasteiger partial charge in [0.2, 0.25) is 0 Å². The highest BCUT2D eigenvalue weighted by Gasteiger charge is 2.36. The summed E-state index contributed by atoms with van der Waals surface area (Å²) in [6.45, 7) is 3.43. The zero-order valence-electron chi connectivity index (χ0n) is 13.3. The minimum atomic E-state index is 0.0978. The number of nitrogens with zero attached hydrogens (tertiary/aromatic N) is 1. The molecule has 2 aromatic carbocycles. The van der Waals surface area contributed by atoms with Crippen LogP contribution in [0.25, 0.3) is 11.1 Å². The molecule has 1 aliphatic carbocycles. The van der Waals surface area contributed by atoms with E-state index in [0.29, 0.717) is 5.92 Å². The SMILES string of the molecule is O=C1c2cc(Br)ccc2-c2ccc(OC3CN4CCC3CC4)cc21. The Labute approximate surface area is 149 Å². The van der Waals surface area contributed by atoms with Crippen molar-refractivity contribution in [3.63, 3.8) is 0 Å². The van der Waals surface area contributed by atoms with Gasteiger partial charge in [-0.3, -0.25) is 9.69 Å². The highest BCUT2D eigenvalue weighted by atomic mass is 79.9. The summed E-state index contributed by atoms with van der Waals surface area (Å²) >= 11 is 3.45. The molecule has 3 nitrogen and oxygen atoms in total. The zero-order chi connectivity index (χ0) is 16.3. The first-order chi connectivity index (χ1) is 11.7. The third-order valence-corrected chi connectivity index (χ3v) is 6.13. The van der Waals surface area contributed by atoms with E-state index in [2.05, 4.69) is 20.8 Å². The third kappa shape index (κ3) is 2.24. The van der Waals surface area contributed by atoms with Gasteiger partial charge in [0.25, 0.3) is 0 Å². The van der Waals surface area contributed by atoms with Crippen LogP contribution in [-0.2, 0) is 0 Å². The van der Waals surface area contributed by atoms with Crippen molar-refractivity contribution >= 4 is 21.7 Å². The Hall–Kier alpha value is -1.65. The minimum Gasteiger partial charge on any atom is -0.489 e. The maximum absolute atomic E-state index is 12.7. The van der Waals surface area contributed by atoms with Gasteiger partial charge >= 0.3 is 0 Å². The molecule has 0 radical (unpaired) electrons. The van der Waals surface area contributed by atoms with Crippen molar-refractivity contribution in [3.05, 3.63) is 52.0 Å². The van der Waals surface area contributed by atoms with E-state index in [9.17, 15) is 4.79 Å². The molecular formula is C20H18BrNO2. The lowest BCUT2D eigenvalue weighted by molar-refractivity contribution is -0.00777. The molecule has 4 heteroatoms. The van der Waals surface area contributed by atoms with E-state index in [0.717, 1.165) is 39.0 Å². The molecule has 0 N–H and O–H groups in total. The highest BCUT2D eigenvalue weighted by Crippen LogP contribution is 2.40. The Balaban J connectivity index is 1.45. The van der Waals surface area contributed by atoms with E-state index in [-0.39, 0.29) is 11.9 Å². The average molecular weight is 384 g/mol.